The smallest absolute Gasteiger partial charge is 0.344 e. The molecule has 0 aliphatic rings. The van der Waals surface area contributed by atoms with Gasteiger partial charge >= 0.3 is 5.97 Å². The van der Waals surface area contributed by atoms with E-state index in [0.29, 0.717) is 0 Å². The minimum absolute atomic E-state index is 0.0795. The topological polar surface area (TPSA) is 108 Å². The van der Waals surface area contributed by atoms with Crippen molar-refractivity contribution in [2.75, 3.05) is 13.2 Å². The van der Waals surface area contributed by atoms with Gasteiger partial charge in [0.05, 0.1) is 11.0 Å². The average molecular weight is 358 g/mol. The highest BCUT2D eigenvalue weighted by molar-refractivity contribution is 5.81. The number of non-ortho nitro benzene ring substituents is 1. The molecule has 0 unspecified atom stereocenters. The van der Waals surface area contributed by atoms with Gasteiger partial charge in [0, 0.05) is 12.1 Å². The van der Waals surface area contributed by atoms with Crippen LogP contribution in [-0.4, -0.2) is 30.0 Å². The van der Waals surface area contributed by atoms with Gasteiger partial charge in [0.2, 0.25) is 0 Å². The molecule has 8 heteroatoms. The molecular formula is C18H18N2O6. The van der Waals surface area contributed by atoms with Gasteiger partial charge in [-0.25, -0.2) is 4.79 Å². The lowest BCUT2D eigenvalue weighted by atomic mass is 10.1. The van der Waals surface area contributed by atoms with E-state index in [1.807, 2.05) is 37.3 Å². The predicted octanol–water partition coefficient (Wildman–Crippen LogP) is 2.39. The predicted molar refractivity (Wildman–Crippen MR) is 92.6 cm³/mol. The molecule has 0 saturated carbocycles. The number of benzene rings is 2. The summed E-state index contributed by atoms with van der Waals surface area (Å²) in [5.41, 5.74) is 0.859. The van der Waals surface area contributed by atoms with E-state index in [2.05, 4.69) is 5.32 Å². The van der Waals surface area contributed by atoms with E-state index < -0.39 is 30.0 Å². The van der Waals surface area contributed by atoms with E-state index >= 15 is 0 Å². The number of hydrogen-bond donors (Lipinski definition) is 1. The molecule has 8 nitrogen and oxygen atoms in total. The Balaban J connectivity index is 1.71. The molecule has 0 radical (unpaired) electrons. The number of carbonyl (C=O) groups excluding carboxylic acids is 2. The second-order valence-corrected chi connectivity index (χ2v) is 5.40. The molecule has 136 valence electrons. The Bertz CT molecular complexity index is 761. The highest BCUT2D eigenvalue weighted by Gasteiger charge is 2.12. The number of esters is 1. The quantitative estimate of drug-likeness (QED) is 0.441. The highest BCUT2D eigenvalue weighted by atomic mass is 16.6. The molecule has 0 aliphatic carbocycles. The Kier molecular flexibility index (Phi) is 6.67. The number of nitrogens with zero attached hydrogens (tertiary/aromatic N) is 1. The molecule has 0 aromatic heterocycles. The summed E-state index contributed by atoms with van der Waals surface area (Å²) in [6, 6.07) is 14.5. The summed E-state index contributed by atoms with van der Waals surface area (Å²) < 4.78 is 10.00. The molecule has 0 spiro atoms. The summed E-state index contributed by atoms with van der Waals surface area (Å²) in [4.78, 5) is 33.4. The van der Waals surface area contributed by atoms with Crippen LogP contribution < -0.4 is 10.1 Å². The Morgan fingerprint density at radius 1 is 1.08 bits per heavy atom. The summed E-state index contributed by atoms with van der Waals surface area (Å²) in [6.45, 7) is 1.01. The standard InChI is InChI=1S/C18H18N2O6/c1-13(14-5-3-2-4-6-14)19-17(21)11-26-18(22)12-25-16-9-7-15(8-10-16)20(23)24/h2-10,13H,11-12H2,1H3,(H,19,21)/t13-/m1/s1. The Hall–Kier alpha value is -3.42. The van der Waals surface area contributed by atoms with Crippen molar-refractivity contribution in [3.05, 3.63) is 70.3 Å². The number of amides is 1. The first-order valence-electron chi connectivity index (χ1n) is 7.83. The van der Waals surface area contributed by atoms with E-state index in [0.717, 1.165) is 5.56 Å². The fraction of sp³-hybridized carbons (Fsp3) is 0.222. The number of nitro groups is 1. The lowest BCUT2D eigenvalue weighted by molar-refractivity contribution is -0.384. The van der Waals surface area contributed by atoms with E-state index in [1.165, 1.54) is 24.3 Å². The minimum Gasteiger partial charge on any atom is -0.482 e. The number of carbonyl (C=O) groups is 2. The third-order valence-corrected chi connectivity index (χ3v) is 3.45. The van der Waals surface area contributed by atoms with Crippen molar-refractivity contribution >= 4 is 17.6 Å². The number of nitro benzene ring substituents is 1. The molecule has 1 amide bonds. The first-order chi connectivity index (χ1) is 12.5. The van der Waals surface area contributed by atoms with Crippen LogP contribution in [0.4, 0.5) is 5.69 Å². The van der Waals surface area contributed by atoms with Crippen molar-refractivity contribution in [1.82, 2.24) is 5.32 Å². The monoisotopic (exact) mass is 358 g/mol. The first-order valence-corrected chi connectivity index (χ1v) is 7.83. The number of rotatable bonds is 8. The van der Waals surface area contributed by atoms with E-state index in [-0.39, 0.29) is 17.5 Å². The maximum atomic E-state index is 11.8. The lowest BCUT2D eigenvalue weighted by Crippen LogP contribution is -2.31. The molecule has 26 heavy (non-hydrogen) atoms. The van der Waals surface area contributed by atoms with Crippen molar-refractivity contribution in [3.8, 4) is 5.75 Å². The summed E-state index contributed by atoms with van der Waals surface area (Å²) in [7, 11) is 0. The molecule has 2 aromatic rings. The molecule has 0 bridgehead atoms. The summed E-state index contributed by atoms with van der Waals surface area (Å²) in [5.74, 6) is -0.856. The van der Waals surface area contributed by atoms with Crippen LogP contribution in [0.5, 0.6) is 5.75 Å². The van der Waals surface area contributed by atoms with Crippen molar-refractivity contribution in [2.45, 2.75) is 13.0 Å². The zero-order chi connectivity index (χ0) is 18.9. The molecule has 2 aromatic carbocycles. The van der Waals surface area contributed by atoms with Gasteiger partial charge in [0.25, 0.3) is 11.6 Å². The Morgan fingerprint density at radius 3 is 2.35 bits per heavy atom. The normalized spacial score (nSPS) is 11.3. The molecule has 0 heterocycles. The second-order valence-electron chi connectivity index (χ2n) is 5.40. The summed E-state index contributed by atoms with van der Waals surface area (Å²) >= 11 is 0. The third-order valence-electron chi connectivity index (χ3n) is 3.45. The van der Waals surface area contributed by atoms with Crippen molar-refractivity contribution in [2.24, 2.45) is 0 Å². The maximum Gasteiger partial charge on any atom is 0.344 e. The second kappa shape index (κ2) is 9.16. The highest BCUT2D eigenvalue weighted by Crippen LogP contribution is 2.17. The molecular weight excluding hydrogens is 340 g/mol. The van der Waals surface area contributed by atoms with Gasteiger partial charge in [-0.2, -0.15) is 0 Å². The van der Waals surface area contributed by atoms with Gasteiger partial charge in [-0.05, 0) is 24.6 Å². The van der Waals surface area contributed by atoms with Gasteiger partial charge in [0.1, 0.15) is 5.75 Å². The molecule has 1 N–H and O–H groups in total. The molecule has 0 aliphatic heterocycles. The minimum atomic E-state index is -0.717. The average Bonchev–Trinajstić information content (AvgIpc) is 2.65. The van der Waals surface area contributed by atoms with Crippen LogP contribution in [0.3, 0.4) is 0 Å². The van der Waals surface area contributed by atoms with Crippen LogP contribution in [0.2, 0.25) is 0 Å². The van der Waals surface area contributed by atoms with E-state index in [4.69, 9.17) is 9.47 Å². The fourth-order valence-electron chi connectivity index (χ4n) is 2.10. The SMILES string of the molecule is C[C@@H](NC(=O)COC(=O)COc1ccc([N+](=O)[O-])cc1)c1ccccc1. The van der Waals surface area contributed by atoms with Crippen LogP contribution >= 0.6 is 0 Å². The molecule has 0 saturated heterocycles. The molecule has 1 atom stereocenters. The summed E-state index contributed by atoms with van der Waals surface area (Å²) in [5, 5.41) is 13.3. The largest absolute Gasteiger partial charge is 0.482 e. The summed E-state index contributed by atoms with van der Waals surface area (Å²) in [6.07, 6.45) is 0. The number of ether oxygens (including phenoxy) is 2. The van der Waals surface area contributed by atoms with Crippen LogP contribution in [0.15, 0.2) is 54.6 Å². The fourth-order valence-corrected chi connectivity index (χ4v) is 2.10. The van der Waals surface area contributed by atoms with Crippen molar-refractivity contribution in [1.29, 1.82) is 0 Å². The lowest BCUT2D eigenvalue weighted by Gasteiger charge is -2.14. The Morgan fingerprint density at radius 2 is 1.73 bits per heavy atom. The molecule has 0 fully saturated rings. The van der Waals surface area contributed by atoms with Gasteiger partial charge < -0.3 is 14.8 Å². The Labute approximate surface area is 149 Å². The van der Waals surface area contributed by atoms with Gasteiger partial charge in [-0.1, -0.05) is 30.3 Å². The van der Waals surface area contributed by atoms with Crippen LogP contribution in [0.25, 0.3) is 0 Å². The van der Waals surface area contributed by atoms with Crippen molar-refractivity contribution in [3.63, 3.8) is 0 Å². The maximum absolute atomic E-state index is 11.8. The van der Waals surface area contributed by atoms with Crippen LogP contribution in [0.1, 0.15) is 18.5 Å². The van der Waals surface area contributed by atoms with E-state index in [9.17, 15) is 19.7 Å². The van der Waals surface area contributed by atoms with E-state index in [1.54, 1.807) is 0 Å². The van der Waals surface area contributed by atoms with Crippen LogP contribution in [-0.2, 0) is 14.3 Å². The number of hydrogen-bond acceptors (Lipinski definition) is 6. The zero-order valence-electron chi connectivity index (χ0n) is 14.1. The number of nitrogens with one attached hydrogen (secondary N) is 1. The molecule has 2 rings (SSSR count). The zero-order valence-corrected chi connectivity index (χ0v) is 14.1. The van der Waals surface area contributed by atoms with Crippen molar-refractivity contribution < 1.29 is 24.0 Å². The van der Waals surface area contributed by atoms with Crippen LogP contribution in [0, 0.1) is 10.1 Å². The first kappa shape index (κ1) is 18.9. The third kappa shape index (κ3) is 5.90. The van der Waals surface area contributed by atoms with Gasteiger partial charge in [0.15, 0.2) is 13.2 Å². The van der Waals surface area contributed by atoms with Gasteiger partial charge in [-0.3, -0.25) is 14.9 Å². The van der Waals surface area contributed by atoms with Gasteiger partial charge in [-0.15, -0.1) is 0 Å².